The summed E-state index contributed by atoms with van der Waals surface area (Å²) < 4.78 is 29.1. The fourth-order valence-corrected chi connectivity index (χ4v) is 5.35. The lowest BCUT2D eigenvalue weighted by Crippen LogP contribution is -2.07. The van der Waals surface area contributed by atoms with Gasteiger partial charge in [0.05, 0.1) is 15.9 Å². The molecule has 0 radical (unpaired) electrons. The summed E-state index contributed by atoms with van der Waals surface area (Å²) in [6, 6.07) is 20.0. The molecule has 5 rings (SSSR count). The molecule has 5 aromatic rings. The Labute approximate surface area is 186 Å². The van der Waals surface area contributed by atoms with Crippen LogP contribution in [0, 0.1) is 20.8 Å². The molecule has 0 spiro atoms. The van der Waals surface area contributed by atoms with Crippen LogP contribution in [0.3, 0.4) is 0 Å². The second-order valence-corrected chi connectivity index (χ2v) is 9.91. The van der Waals surface area contributed by atoms with Gasteiger partial charge < -0.3 is 5.73 Å². The number of fused-ring (bicyclic) bond motifs is 2. The molecule has 0 unspecified atom stereocenters. The minimum atomic E-state index is -3.94. The highest BCUT2D eigenvalue weighted by Gasteiger charge is 2.30. The Morgan fingerprint density at radius 1 is 0.812 bits per heavy atom. The van der Waals surface area contributed by atoms with E-state index in [1.807, 2.05) is 63.2 Å². The number of hydrogen-bond donors (Lipinski definition) is 1. The van der Waals surface area contributed by atoms with Gasteiger partial charge in [0.25, 0.3) is 0 Å². The van der Waals surface area contributed by atoms with E-state index in [2.05, 4.69) is 0 Å². The maximum absolute atomic E-state index is 13.7. The zero-order valence-corrected chi connectivity index (χ0v) is 18.8. The largest absolute Gasteiger partial charge is 0.384 e. The van der Waals surface area contributed by atoms with Crippen LogP contribution in [0.2, 0.25) is 0 Å². The van der Waals surface area contributed by atoms with Crippen molar-refractivity contribution in [2.24, 2.45) is 0 Å². The molecule has 160 valence electrons. The van der Waals surface area contributed by atoms with E-state index in [1.165, 1.54) is 0 Å². The number of anilines is 1. The van der Waals surface area contributed by atoms with Crippen LogP contribution in [0.4, 0.5) is 5.82 Å². The second-order valence-electron chi connectivity index (χ2n) is 8.02. The van der Waals surface area contributed by atoms with Crippen molar-refractivity contribution in [1.29, 1.82) is 0 Å². The van der Waals surface area contributed by atoms with Crippen LogP contribution in [-0.2, 0) is 9.84 Å². The molecule has 0 aliphatic rings. The third-order valence-corrected chi connectivity index (χ3v) is 7.63. The molecule has 2 aromatic heterocycles. The summed E-state index contributed by atoms with van der Waals surface area (Å²) in [5.41, 5.74) is 12.4. The average Bonchev–Trinajstić information content (AvgIpc) is 3.05. The first-order valence-corrected chi connectivity index (χ1v) is 11.7. The topological polar surface area (TPSA) is 90.9 Å². The molecule has 2 N–H and O–H groups in total. The predicted octanol–water partition coefficient (Wildman–Crippen LogP) is 4.91. The molecule has 0 saturated heterocycles. The first-order chi connectivity index (χ1) is 15.3. The van der Waals surface area contributed by atoms with Gasteiger partial charge in [0.15, 0.2) is 5.65 Å². The third-order valence-electron chi connectivity index (χ3n) is 5.80. The second kappa shape index (κ2) is 7.17. The number of rotatable bonds is 3. The van der Waals surface area contributed by atoms with Gasteiger partial charge in [-0.3, -0.25) is 4.57 Å². The number of benzene rings is 3. The smallest absolute Gasteiger partial charge is 0.212 e. The van der Waals surface area contributed by atoms with Gasteiger partial charge in [0.2, 0.25) is 9.84 Å². The van der Waals surface area contributed by atoms with Crippen LogP contribution in [0.15, 0.2) is 76.5 Å². The van der Waals surface area contributed by atoms with E-state index in [0.717, 1.165) is 22.4 Å². The standard InChI is InChI=1S/C25H22N4O2S/c1-15-8-12-19(13-9-15)32(30,31)23-22-25(28-21-7-5-4-6-20(21)27-22)29(24(23)26)18-11-10-16(2)17(3)14-18/h4-14H,26H2,1-3H3. The molecule has 0 fully saturated rings. The Hall–Kier alpha value is -3.71. The lowest BCUT2D eigenvalue weighted by molar-refractivity contribution is 0.597. The SMILES string of the molecule is Cc1ccc(S(=O)(=O)c2c(N)n(-c3ccc(C)c(C)c3)c3nc4ccccc4nc23)cc1. The highest BCUT2D eigenvalue weighted by molar-refractivity contribution is 7.92. The van der Waals surface area contributed by atoms with Crippen LogP contribution in [0.1, 0.15) is 16.7 Å². The first kappa shape index (κ1) is 20.2. The lowest BCUT2D eigenvalue weighted by atomic mass is 10.1. The molecule has 3 aromatic carbocycles. The predicted molar refractivity (Wildman–Crippen MR) is 127 cm³/mol. The van der Waals surface area contributed by atoms with Crippen molar-refractivity contribution in [3.8, 4) is 5.69 Å². The van der Waals surface area contributed by atoms with E-state index in [0.29, 0.717) is 16.7 Å². The highest BCUT2D eigenvalue weighted by atomic mass is 32.2. The summed E-state index contributed by atoms with van der Waals surface area (Å²) >= 11 is 0. The lowest BCUT2D eigenvalue weighted by Gasteiger charge is -2.10. The van der Waals surface area contributed by atoms with E-state index in [4.69, 9.17) is 15.7 Å². The number of sulfone groups is 1. The Bertz CT molecular complexity index is 1620. The molecule has 2 heterocycles. The number of nitrogens with zero attached hydrogens (tertiary/aromatic N) is 3. The summed E-state index contributed by atoms with van der Waals surface area (Å²) in [5, 5.41) is 0. The van der Waals surface area contributed by atoms with E-state index < -0.39 is 9.84 Å². The minimum absolute atomic E-state index is 0.0205. The van der Waals surface area contributed by atoms with Gasteiger partial charge in [-0.05, 0) is 68.3 Å². The number of nitrogens with two attached hydrogens (primary N) is 1. The highest BCUT2D eigenvalue weighted by Crippen LogP contribution is 2.37. The fourth-order valence-electron chi connectivity index (χ4n) is 3.86. The zero-order chi connectivity index (χ0) is 22.6. The van der Waals surface area contributed by atoms with E-state index in [1.54, 1.807) is 28.8 Å². The van der Waals surface area contributed by atoms with Crippen molar-refractivity contribution in [1.82, 2.24) is 14.5 Å². The minimum Gasteiger partial charge on any atom is -0.384 e. The van der Waals surface area contributed by atoms with Crippen LogP contribution < -0.4 is 5.73 Å². The van der Waals surface area contributed by atoms with Gasteiger partial charge in [-0.15, -0.1) is 0 Å². The van der Waals surface area contributed by atoms with Crippen LogP contribution in [0.5, 0.6) is 0 Å². The summed E-state index contributed by atoms with van der Waals surface area (Å²) in [6.45, 7) is 5.94. The molecular formula is C25H22N4O2S. The van der Waals surface area contributed by atoms with Gasteiger partial charge in [-0.25, -0.2) is 18.4 Å². The Morgan fingerprint density at radius 2 is 1.47 bits per heavy atom. The molecule has 6 nitrogen and oxygen atoms in total. The van der Waals surface area contributed by atoms with Gasteiger partial charge in [-0.2, -0.15) is 0 Å². The molecule has 0 bridgehead atoms. The number of aromatic nitrogens is 3. The van der Waals surface area contributed by atoms with Crippen molar-refractivity contribution >= 4 is 37.9 Å². The molecule has 0 saturated carbocycles. The van der Waals surface area contributed by atoms with E-state index in [9.17, 15) is 8.42 Å². The van der Waals surface area contributed by atoms with Crippen molar-refractivity contribution in [3.05, 3.63) is 83.4 Å². The number of nitrogen functional groups attached to an aromatic ring is 1. The Kier molecular flexibility index (Phi) is 4.53. The molecule has 0 atom stereocenters. The molecule has 0 amide bonds. The normalized spacial score (nSPS) is 12.0. The summed E-state index contributed by atoms with van der Waals surface area (Å²) in [4.78, 5) is 9.61. The first-order valence-electron chi connectivity index (χ1n) is 10.2. The molecule has 7 heteroatoms. The van der Waals surface area contributed by atoms with Crippen molar-refractivity contribution in [3.63, 3.8) is 0 Å². The molecule has 32 heavy (non-hydrogen) atoms. The van der Waals surface area contributed by atoms with E-state index >= 15 is 0 Å². The number of aryl methyl sites for hydroxylation is 3. The Balaban J connectivity index is 1.91. The van der Waals surface area contributed by atoms with Gasteiger partial charge >= 0.3 is 0 Å². The molecule has 0 aliphatic carbocycles. The van der Waals surface area contributed by atoms with Crippen LogP contribution in [-0.4, -0.2) is 23.0 Å². The quantitative estimate of drug-likeness (QED) is 0.428. The molecule has 0 aliphatic heterocycles. The third kappa shape index (κ3) is 3.05. The monoisotopic (exact) mass is 442 g/mol. The van der Waals surface area contributed by atoms with E-state index in [-0.39, 0.29) is 21.1 Å². The number of hydrogen-bond acceptors (Lipinski definition) is 5. The maximum atomic E-state index is 13.7. The Morgan fingerprint density at radius 3 is 2.12 bits per heavy atom. The van der Waals surface area contributed by atoms with Crippen molar-refractivity contribution in [2.75, 3.05) is 5.73 Å². The summed E-state index contributed by atoms with van der Waals surface area (Å²) in [6.07, 6.45) is 0. The van der Waals surface area contributed by atoms with Gasteiger partial charge in [0.1, 0.15) is 16.2 Å². The maximum Gasteiger partial charge on any atom is 0.212 e. The molecular weight excluding hydrogens is 420 g/mol. The average molecular weight is 443 g/mol. The van der Waals surface area contributed by atoms with Gasteiger partial charge in [-0.1, -0.05) is 35.9 Å². The van der Waals surface area contributed by atoms with Crippen molar-refractivity contribution < 1.29 is 8.42 Å². The number of para-hydroxylation sites is 2. The summed E-state index contributed by atoms with van der Waals surface area (Å²) in [5.74, 6) is 0.0964. The summed E-state index contributed by atoms with van der Waals surface area (Å²) in [7, 11) is -3.94. The van der Waals surface area contributed by atoms with Gasteiger partial charge in [0, 0.05) is 5.69 Å². The van der Waals surface area contributed by atoms with Crippen LogP contribution >= 0.6 is 0 Å². The zero-order valence-electron chi connectivity index (χ0n) is 18.0. The van der Waals surface area contributed by atoms with Crippen molar-refractivity contribution in [2.45, 2.75) is 30.6 Å². The fraction of sp³-hybridized carbons (Fsp3) is 0.120. The van der Waals surface area contributed by atoms with Crippen LogP contribution in [0.25, 0.3) is 27.9 Å².